The van der Waals surface area contributed by atoms with Gasteiger partial charge in [0, 0.05) is 26.1 Å². The van der Waals surface area contributed by atoms with E-state index in [9.17, 15) is 13.2 Å². The second-order valence-corrected chi connectivity index (χ2v) is 7.87. The van der Waals surface area contributed by atoms with Crippen molar-refractivity contribution >= 4 is 32.4 Å². The summed E-state index contributed by atoms with van der Waals surface area (Å²) >= 11 is 0.836. The molecule has 1 amide bonds. The van der Waals surface area contributed by atoms with Crippen molar-refractivity contribution in [1.82, 2.24) is 14.5 Å². The Kier molecular flexibility index (Phi) is 5.25. The predicted molar refractivity (Wildman–Crippen MR) is 77.4 cm³/mol. The molecule has 0 saturated heterocycles. The van der Waals surface area contributed by atoms with E-state index in [1.165, 1.54) is 11.2 Å². The summed E-state index contributed by atoms with van der Waals surface area (Å²) in [5.41, 5.74) is 0. The number of anilines is 1. The van der Waals surface area contributed by atoms with Crippen molar-refractivity contribution in [2.24, 2.45) is 0 Å². The van der Waals surface area contributed by atoms with Crippen LogP contribution in [0.2, 0.25) is 0 Å². The van der Waals surface area contributed by atoms with E-state index in [4.69, 9.17) is 5.11 Å². The van der Waals surface area contributed by atoms with Gasteiger partial charge in [-0.1, -0.05) is 17.8 Å². The largest absolute Gasteiger partial charge is 0.396 e. The zero-order valence-electron chi connectivity index (χ0n) is 11.7. The van der Waals surface area contributed by atoms with E-state index >= 15 is 0 Å². The highest BCUT2D eigenvalue weighted by Gasteiger charge is 2.36. The molecule has 21 heavy (non-hydrogen) atoms. The quantitative estimate of drug-likeness (QED) is 0.699. The van der Waals surface area contributed by atoms with Gasteiger partial charge in [0.2, 0.25) is 15.4 Å². The van der Waals surface area contributed by atoms with E-state index in [0.29, 0.717) is 6.42 Å². The van der Waals surface area contributed by atoms with Gasteiger partial charge < -0.3 is 10.4 Å². The summed E-state index contributed by atoms with van der Waals surface area (Å²) in [6.07, 6.45) is 3.03. The highest BCUT2D eigenvalue weighted by atomic mass is 32.2. The molecule has 1 aliphatic rings. The molecule has 1 fully saturated rings. The molecule has 8 nitrogen and oxygen atoms in total. The van der Waals surface area contributed by atoms with Gasteiger partial charge in [-0.05, 0) is 19.3 Å². The van der Waals surface area contributed by atoms with Crippen molar-refractivity contribution in [3.8, 4) is 0 Å². The number of hydrogen-bond donors (Lipinski definition) is 2. The molecule has 0 aromatic carbocycles. The number of nitrogens with one attached hydrogen (secondary N) is 1. The summed E-state index contributed by atoms with van der Waals surface area (Å²) in [6.45, 7) is 1.52. The molecule has 0 radical (unpaired) electrons. The third-order valence-corrected chi connectivity index (χ3v) is 6.37. The third kappa shape index (κ3) is 3.76. The average Bonchev–Trinajstić information content (AvgIpc) is 2.80. The van der Waals surface area contributed by atoms with Crippen LogP contribution in [0.3, 0.4) is 0 Å². The lowest BCUT2D eigenvalue weighted by Crippen LogP contribution is -2.44. The molecule has 0 spiro atoms. The van der Waals surface area contributed by atoms with Crippen molar-refractivity contribution < 1.29 is 18.3 Å². The average molecular weight is 334 g/mol. The summed E-state index contributed by atoms with van der Waals surface area (Å²) in [5.74, 6) is -0.328. The number of carbonyl (C=O) groups is 1. The van der Waals surface area contributed by atoms with Gasteiger partial charge in [0.15, 0.2) is 0 Å². The van der Waals surface area contributed by atoms with Crippen molar-refractivity contribution in [3.05, 3.63) is 0 Å². The summed E-state index contributed by atoms with van der Waals surface area (Å²) < 4.78 is 26.5. The number of aliphatic hydroxyl groups excluding tert-OH is 1. The first-order valence-corrected chi connectivity index (χ1v) is 8.94. The van der Waals surface area contributed by atoms with Gasteiger partial charge >= 0.3 is 0 Å². The van der Waals surface area contributed by atoms with Crippen LogP contribution < -0.4 is 5.32 Å². The van der Waals surface area contributed by atoms with E-state index in [-0.39, 0.29) is 34.6 Å². The second kappa shape index (κ2) is 6.77. The van der Waals surface area contributed by atoms with Gasteiger partial charge in [0.05, 0.1) is 0 Å². The number of hydrogen-bond acceptors (Lipinski definition) is 7. The van der Waals surface area contributed by atoms with E-state index in [0.717, 1.165) is 30.6 Å². The Hall–Kier alpha value is -1.10. The molecule has 1 aliphatic carbocycles. The summed E-state index contributed by atoms with van der Waals surface area (Å²) in [4.78, 5) is 11.0. The minimum absolute atomic E-state index is 0.0327. The molecule has 0 bridgehead atoms. The number of amides is 1. The topological polar surface area (TPSA) is 112 Å². The lowest BCUT2D eigenvalue weighted by molar-refractivity contribution is -0.114. The summed E-state index contributed by atoms with van der Waals surface area (Å²) in [5, 5.41) is 18.9. The van der Waals surface area contributed by atoms with Crippen molar-refractivity contribution in [1.29, 1.82) is 0 Å². The third-order valence-electron chi connectivity index (χ3n) is 3.24. The second-order valence-electron chi connectivity index (χ2n) is 4.83. The van der Waals surface area contributed by atoms with E-state index in [1.54, 1.807) is 0 Å². The minimum atomic E-state index is -3.73. The highest BCUT2D eigenvalue weighted by molar-refractivity contribution is 7.91. The van der Waals surface area contributed by atoms with Gasteiger partial charge in [-0.3, -0.25) is 4.79 Å². The fourth-order valence-corrected chi connectivity index (χ4v) is 4.80. The monoisotopic (exact) mass is 334 g/mol. The Labute approximate surface area is 127 Å². The lowest BCUT2D eigenvalue weighted by atomic mass is 9.93. The van der Waals surface area contributed by atoms with E-state index < -0.39 is 10.0 Å². The molecular weight excluding hydrogens is 316 g/mol. The number of sulfonamides is 1. The van der Waals surface area contributed by atoms with Crippen LogP contribution in [0.1, 0.15) is 32.6 Å². The molecule has 0 atom stereocenters. The van der Waals surface area contributed by atoms with E-state index in [2.05, 4.69) is 15.5 Å². The maximum Gasteiger partial charge on any atom is 0.272 e. The fraction of sp³-hybridized carbons (Fsp3) is 0.727. The molecule has 0 unspecified atom stereocenters. The van der Waals surface area contributed by atoms with Crippen LogP contribution in [0.15, 0.2) is 4.34 Å². The molecular formula is C11H18N4O4S2. The van der Waals surface area contributed by atoms with Crippen molar-refractivity contribution in [3.63, 3.8) is 0 Å². The number of aromatic nitrogens is 2. The Morgan fingerprint density at radius 3 is 2.71 bits per heavy atom. The van der Waals surface area contributed by atoms with Gasteiger partial charge in [0.1, 0.15) is 0 Å². The molecule has 1 aromatic heterocycles. The SMILES string of the molecule is CC(=O)Nc1nnc(S(=O)(=O)N(CCCO)C2CCC2)s1. The number of aliphatic hydroxyl groups is 1. The lowest BCUT2D eigenvalue weighted by Gasteiger charge is -2.35. The molecule has 0 aliphatic heterocycles. The van der Waals surface area contributed by atoms with Crippen LogP contribution in [-0.2, 0) is 14.8 Å². The molecule has 1 heterocycles. The Balaban J connectivity index is 2.20. The van der Waals surface area contributed by atoms with Gasteiger partial charge in [-0.2, -0.15) is 4.31 Å². The first-order chi connectivity index (χ1) is 9.95. The molecule has 1 saturated carbocycles. The van der Waals surface area contributed by atoms with Crippen LogP contribution in [-0.4, -0.2) is 53.1 Å². The van der Waals surface area contributed by atoms with Crippen LogP contribution in [0.5, 0.6) is 0 Å². The normalized spacial score (nSPS) is 16.0. The zero-order chi connectivity index (χ0) is 15.5. The highest BCUT2D eigenvalue weighted by Crippen LogP contribution is 2.31. The van der Waals surface area contributed by atoms with Gasteiger partial charge in [0.25, 0.3) is 10.0 Å². The zero-order valence-corrected chi connectivity index (χ0v) is 13.3. The minimum Gasteiger partial charge on any atom is -0.396 e. The Morgan fingerprint density at radius 2 is 2.19 bits per heavy atom. The van der Waals surface area contributed by atoms with Crippen LogP contribution >= 0.6 is 11.3 Å². The first-order valence-electron chi connectivity index (χ1n) is 6.69. The molecule has 10 heteroatoms. The molecule has 2 rings (SSSR count). The van der Waals surface area contributed by atoms with Gasteiger partial charge in [-0.15, -0.1) is 10.2 Å². The summed E-state index contributed by atoms with van der Waals surface area (Å²) in [7, 11) is -3.73. The Morgan fingerprint density at radius 1 is 1.48 bits per heavy atom. The van der Waals surface area contributed by atoms with Crippen molar-refractivity contribution in [2.45, 2.75) is 43.0 Å². The molecule has 1 aromatic rings. The number of carbonyl (C=O) groups excluding carboxylic acids is 1. The Bertz CT molecular complexity index is 597. The molecule has 2 N–H and O–H groups in total. The standard InChI is InChI=1S/C11H18N4O4S2/c1-8(17)12-10-13-14-11(20-10)21(18,19)15(6-3-7-16)9-4-2-5-9/h9,16H,2-7H2,1H3,(H,12,13,17). The first kappa shape index (κ1) is 16.3. The van der Waals surface area contributed by atoms with Crippen LogP contribution in [0.4, 0.5) is 5.13 Å². The molecule has 118 valence electrons. The predicted octanol–water partition coefficient (Wildman–Crippen LogP) is 0.422. The number of nitrogens with zero attached hydrogens (tertiary/aromatic N) is 3. The maximum absolute atomic E-state index is 12.6. The van der Waals surface area contributed by atoms with Crippen LogP contribution in [0, 0.1) is 0 Å². The van der Waals surface area contributed by atoms with Crippen LogP contribution in [0.25, 0.3) is 0 Å². The van der Waals surface area contributed by atoms with Gasteiger partial charge in [-0.25, -0.2) is 8.42 Å². The summed E-state index contributed by atoms with van der Waals surface area (Å²) in [6, 6.07) is -0.0327. The smallest absolute Gasteiger partial charge is 0.272 e. The fourth-order valence-electron chi connectivity index (χ4n) is 2.02. The van der Waals surface area contributed by atoms with E-state index in [1.807, 2.05) is 0 Å². The number of rotatable bonds is 7. The maximum atomic E-state index is 12.6. The van der Waals surface area contributed by atoms with Crippen molar-refractivity contribution in [2.75, 3.05) is 18.5 Å².